The van der Waals surface area contributed by atoms with E-state index in [0.717, 1.165) is 17.7 Å². The Hall–Kier alpha value is -2.49. The normalized spacial score (nSPS) is 14.2. The van der Waals surface area contributed by atoms with Gasteiger partial charge in [0.2, 0.25) is 21.8 Å². The Morgan fingerprint density at radius 2 is 2.11 bits per heavy atom. The molecule has 1 aromatic carbocycles. The highest BCUT2D eigenvalue weighted by atomic mass is 32.2. The quantitative estimate of drug-likeness (QED) is 0.614. The van der Waals surface area contributed by atoms with E-state index in [-0.39, 0.29) is 23.3 Å². The zero-order valence-corrected chi connectivity index (χ0v) is 16.8. The second-order valence-corrected chi connectivity index (χ2v) is 9.31. The van der Waals surface area contributed by atoms with E-state index >= 15 is 0 Å². The van der Waals surface area contributed by atoms with E-state index in [1.54, 1.807) is 19.1 Å². The first kappa shape index (κ1) is 18.9. The van der Waals surface area contributed by atoms with Gasteiger partial charge in [0.1, 0.15) is 5.76 Å². The molecule has 4 rings (SSSR count). The Balaban J connectivity index is 1.45. The van der Waals surface area contributed by atoms with Crippen LogP contribution in [0.2, 0.25) is 0 Å². The van der Waals surface area contributed by atoms with Gasteiger partial charge < -0.3 is 9.73 Å². The molecule has 2 N–H and O–H groups in total. The van der Waals surface area contributed by atoms with Crippen LogP contribution in [-0.2, 0) is 21.2 Å². The average molecular weight is 418 g/mol. The molecule has 0 unspecified atom stereocenters. The van der Waals surface area contributed by atoms with Crippen molar-refractivity contribution in [3.63, 3.8) is 0 Å². The number of sulfonamides is 1. The molecule has 0 spiro atoms. The van der Waals surface area contributed by atoms with Crippen LogP contribution in [-0.4, -0.2) is 25.4 Å². The number of hydrogen-bond donors (Lipinski definition) is 2. The number of carbonyl (C=O) groups excluding carboxylic acids is 1. The van der Waals surface area contributed by atoms with Crippen molar-refractivity contribution in [1.29, 1.82) is 0 Å². The van der Waals surface area contributed by atoms with Crippen molar-refractivity contribution in [2.75, 3.05) is 5.32 Å². The van der Waals surface area contributed by atoms with Crippen LogP contribution >= 0.6 is 11.3 Å². The number of nitrogens with one attached hydrogen (secondary N) is 2. The van der Waals surface area contributed by atoms with E-state index < -0.39 is 10.0 Å². The lowest BCUT2D eigenvalue weighted by atomic mass is 10.2. The maximum atomic E-state index is 12.4. The summed E-state index contributed by atoms with van der Waals surface area (Å²) in [5.41, 5.74) is 0.975. The third-order valence-corrected chi connectivity index (χ3v) is 6.66. The van der Waals surface area contributed by atoms with Gasteiger partial charge in [-0.3, -0.25) is 4.79 Å². The topological polar surface area (TPSA) is 101 Å². The lowest BCUT2D eigenvalue weighted by molar-refractivity contribution is -0.115. The summed E-state index contributed by atoms with van der Waals surface area (Å²) >= 11 is 1.51. The number of oxazole rings is 1. The molecule has 1 amide bonds. The Bertz CT molecular complexity index is 1100. The monoisotopic (exact) mass is 417 g/mol. The fraction of sp³-hybridized carbons (Fsp3) is 0.263. The third-order valence-electron chi connectivity index (χ3n) is 4.28. The molecule has 0 radical (unpaired) electrons. The minimum Gasteiger partial charge on any atom is -0.440 e. The smallest absolute Gasteiger partial charge is 0.240 e. The first-order valence-corrected chi connectivity index (χ1v) is 11.2. The highest BCUT2D eigenvalue weighted by Gasteiger charge is 2.28. The minimum absolute atomic E-state index is 0.0240. The van der Waals surface area contributed by atoms with Crippen LogP contribution in [0.15, 0.2) is 51.1 Å². The second-order valence-electron chi connectivity index (χ2n) is 6.65. The fourth-order valence-electron chi connectivity index (χ4n) is 2.68. The summed E-state index contributed by atoms with van der Waals surface area (Å²) in [7, 11) is -3.57. The number of aryl methyl sites for hydroxylation is 1. The molecule has 1 aliphatic carbocycles. The Labute approximate surface area is 166 Å². The van der Waals surface area contributed by atoms with Crippen LogP contribution < -0.4 is 10.0 Å². The van der Waals surface area contributed by atoms with E-state index in [4.69, 9.17) is 4.42 Å². The van der Waals surface area contributed by atoms with E-state index in [1.165, 1.54) is 23.5 Å². The molecule has 9 heteroatoms. The largest absolute Gasteiger partial charge is 0.440 e. The van der Waals surface area contributed by atoms with Crippen molar-refractivity contribution < 1.29 is 17.6 Å². The predicted octanol–water partition coefficient (Wildman–Crippen LogP) is 3.33. The molecular weight excluding hydrogens is 398 g/mol. The van der Waals surface area contributed by atoms with Gasteiger partial charge in [-0.25, -0.2) is 18.1 Å². The van der Waals surface area contributed by atoms with Crippen molar-refractivity contribution in [2.24, 2.45) is 0 Å². The summed E-state index contributed by atoms with van der Waals surface area (Å²) < 4.78 is 32.9. The summed E-state index contributed by atoms with van der Waals surface area (Å²) in [6.07, 6.45) is 1.76. The summed E-state index contributed by atoms with van der Waals surface area (Å²) in [6.45, 7) is 1.77. The van der Waals surface area contributed by atoms with Crippen LogP contribution in [0.25, 0.3) is 10.8 Å². The van der Waals surface area contributed by atoms with Crippen LogP contribution in [0.4, 0.5) is 5.69 Å². The van der Waals surface area contributed by atoms with E-state index in [0.29, 0.717) is 23.0 Å². The number of amides is 1. The van der Waals surface area contributed by atoms with Crippen LogP contribution in [0, 0.1) is 6.92 Å². The molecule has 0 saturated heterocycles. The Morgan fingerprint density at radius 1 is 1.29 bits per heavy atom. The van der Waals surface area contributed by atoms with Crippen LogP contribution in [0.5, 0.6) is 0 Å². The highest BCUT2D eigenvalue weighted by Crippen LogP contribution is 2.26. The Kier molecular flexibility index (Phi) is 5.05. The molecular formula is C19H19N3O4S2. The van der Waals surface area contributed by atoms with E-state index in [9.17, 15) is 13.2 Å². The molecule has 1 saturated carbocycles. The average Bonchev–Trinajstić information content (AvgIpc) is 3.14. The first-order chi connectivity index (χ1) is 13.4. The summed E-state index contributed by atoms with van der Waals surface area (Å²) in [5.74, 6) is 0.789. The molecule has 0 aliphatic heterocycles. The molecule has 2 aromatic heterocycles. The van der Waals surface area contributed by atoms with Gasteiger partial charge in [-0.05, 0) is 49.4 Å². The Morgan fingerprint density at radius 3 is 2.82 bits per heavy atom. The number of aromatic nitrogens is 1. The van der Waals surface area contributed by atoms with Gasteiger partial charge in [-0.2, -0.15) is 0 Å². The van der Waals surface area contributed by atoms with Crippen molar-refractivity contribution in [3.05, 3.63) is 53.2 Å². The van der Waals surface area contributed by atoms with Gasteiger partial charge in [-0.15, -0.1) is 11.3 Å². The van der Waals surface area contributed by atoms with Gasteiger partial charge in [0.15, 0.2) is 0 Å². The molecule has 146 valence electrons. The van der Waals surface area contributed by atoms with Crippen molar-refractivity contribution in [3.8, 4) is 10.8 Å². The summed E-state index contributed by atoms with van der Waals surface area (Å²) in [4.78, 5) is 17.9. The fourth-order valence-corrected chi connectivity index (χ4v) is 4.68. The van der Waals surface area contributed by atoms with Gasteiger partial charge in [-0.1, -0.05) is 12.1 Å². The molecule has 1 fully saturated rings. The number of hydrogen-bond acceptors (Lipinski definition) is 6. The molecule has 28 heavy (non-hydrogen) atoms. The van der Waals surface area contributed by atoms with Crippen LogP contribution in [0.3, 0.4) is 0 Å². The van der Waals surface area contributed by atoms with Crippen LogP contribution in [0.1, 0.15) is 24.3 Å². The van der Waals surface area contributed by atoms with Gasteiger partial charge >= 0.3 is 0 Å². The number of rotatable bonds is 7. The van der Waals surface area contributed by atoms with Crippen molar-refractivity contribution in [1.82, 2.24) is 9.71 Å². The zero-order chi connectivity index (χ0) is 19.7. The van der Waals surface area contributed by atoms with Gasteiger partial charge in [0, 0.05) is 11.7 Å². The van der Waals surface area contributed by atoms with Crippen molar-refractivity contribution in [2.45, 2.75) is 37.1 Å². The standard InChI is InChI=1S/C19H19N3O4S2/c1-12-16(21-19(26-12)17-6-3-9-27-17)11-18(23)20-14-4-2-5-15(10-14)28(24,25)22-13-7-8-13/h2-6,9-10,13,22H,7-8,11H2,1H3,(H,20,23). The van der Waals surface area contributed by atoms with E-state index in [2.05, 4.69) is 15.0 Å². The summed E-state index contributed by atoms with van der Waals surface area (Å²) in [6, 6.07) is 10.1. The SMILES string of the molecule is Cc1oc(-c2cccs2)nc1CC(=O)Nc1cccc(S(=O)(=O)NC2CC2)c1. The first-order valence-electron chi connectivity index (χ1n) is 8.83. The molecule has 2 heterocycles. The second kappa shape index (κ2) is 7.50. The molecule has 0 atom stereocenters. The van der Waals surface area contributed by atoms with Gasteiger partial charge in [0.25, 0.3) is 0 Å². The highest BCUT2D eigenvalue weighted by molar-refractivity contribution is 7.89. The van der Waals surface area contributed by atoms with E-state index in [1.807, 2.05) is 17.5 Å². The minimum atomic E-state index is -3.57. The third kappa shape index (κ3) is 4.32. The number of carbonyl (C=O) groups is 1. The van der Waals surface area contributed by atoms with Crippen molar-refractivity contribution >= 4 is 33.0 Å². The molecule has 0 bridgehead atoms. The number of anilines is 1. The zero-order valence-electron chi connectivity index (χ0n) is 15.1. The molecule has 1 aliphatic rings. The maximum Gasteiger partial charge on any atom is 0.240 e. The lowest BCUT2D eigenvalue weighted by Gasteiger charge is -2.08. The summed E-state index contributed by atoms with van der Waals surface area (Å²) in [5, 5.41) is 4.66. The lowest BCUT2D eigenvalue weighted by Crippen LogP contribution is -2.25. The maximum absolute atomic E-state index is 12.4. The predicted molar refractivity (Wildman–Crippen MR) is 107 cm³/mol. The number of nitrogens with zero attached hydrogens (tertiary/aromatic N) is 1. The number of benzene rings is 1. The molecule has 7 nitrogen and oxygen atoms in total. The number of thiophene rings is 1. The molecule has 3 aromatic rings. The van der Waals surface area contributed by atoms with Gasteiger partial charge in [0.05, 0.1) is 21.9 Å².